The Kier molecular flexibility index (Phi) is 6.03. The number of pyridine rings is 1. The number of aromatic nitrogens is 3. The van der Waals surface area contributed by atoms with Gasteiger partial charge in [-0.2, -0.15) is 4.98 Å². The van der Waals surface area contributed by atoms with Crippen LogP contribution < -0.4 is 10.6 Å². The lowest BCUT2D eigenvalue weighted by atomic mass is 9.81. The first kappa shape index (κ1) is 23.5. The summed E-state index contributed by atoms with van der Waals surface area (Å²) in [6, 6.07) is 11.5. The molecule has 1 aromatic carbocycles. The van der Waals surface area contributed by atoms with Gasteiger partial charge in [-0.15, -0.1) is 5.10 Å². The van der Waals surface area contributed by atoms with E-state index in [1.54, 1.807) is 9.42 Å². The van der Waals surface area contributed by atoms with Crippen molar-refractivity contribution in [2.45, 2.75) is 19.8 Å². The summed E-state index contributed by atoms with van der Waals surface area (Å²) in [5, 5.41) is 11.2. The molecular weight excluding hydrogens is 470 g/mol. The SMILES string of the molecule is CCOC(=O)N1CC=C(c2cccn3nc(Nc4ccc(C(=O)N5CCC6(CNC6)C5)cc4)nc23)CC1. The largest absolute Gasteiger partial charge is 0.450 e. The van der Waals surface area contributed by atoms with Crippen molar-refractivity contribution in [2.75, 3.05) is 51.2 Å². The van der Waals surface area contributed by atoms with E-state index < -0.39 is 0 Å². The zero-order valence-electron chi connectivity index (χ0n) is 20.9. The molecule has 192 valence electrons. The van der Waals surface area contributed by atoms with Crippen molar-refractivity contribution in [1.82, 2.24) is 29.7 Å². The number of ether oxygens (including phenoxy) is 1. The molecule has 2 N–H and O–H groups in total. The third kappa shape index (κ3) is 4.53. The number of carbonyl (C=O) groups is 2. The first-order chi connectivity index (χ1) is 18.0. The van der Waals surface area contributed by atoms with Gasteiger partial charge < -0.3 is 25.2 Å². The van der Waals surface area contributed by atoms with Gasteiger partial charge in [-0.05, 0) is 61.7 Å². The van der Waals surface area contributed by atoms with E-state index in [0.29, 0.717) is 36.6 Å². The first-order valence-corrected chi connectivity index (χ1v) is 12.9. The van der Waals surface area contributed by atoms with Crippen molar-refractivity contribution in [3.05, 3.63) is 59.8 Å². The number of nitrogens with one attached hydrogen (secondary N) is 2. The van der Waals surface area contributed by atoms with E-state index in [4.69, 9.17) is 9.72 Å². The topological polar surface area (TPSA) is 104 Å². The minimum absolute atomic E-state index is 0.0908. The molecule has 0 radical (unpaired) electrons. The van der Waals surface area contributed by atoms with E-state index in [-0.39, 0.29) is 12.0 Å². The molecule has 0 atom stereocenters. The molecule has 0 bridgehead atoms. The van der Waals surface area contributed by atoms with Crippen LogP contribution in [-0.4, -0.2) is 82.3 Å². The predicted octanol–water partition coefficient (Wildman–Crippen LogP) is 3.15. The summed E-state index contributed by atoms with van der Waals surface area (Å²) in [6.45, 7) is 6.98. The average Bonchev–Trinajstić information content (AvgIpc) is 3.54. The van der Waals surface area contributed by atoms with Crippen molar-refractivity contribution in [2.24, 2.45) is 5.41 Å². The smallest absolute Gasteiger partial charge is 0.410 e. The highest BCUT2D eigenvalue weighted by Gasteiger charge is 2.44. The second-order valence-electron chi connectivity index (χ2n) is 10.0. The third-order valence-corrected chi connectivity index (χ3v) is 7.56. The van der Waals surface area contributed by atoms with Crippen LogP contribution in [0.3, 0.4) is 0 Å². The summed E-state index contributed by atoms with van der Waals surface area (Å²) in [6.07, 6.45) is 5.44. The van der Waals surface area contributed by atoms with Crippen LogP contribution >= 0.6 is 0 Å². The van der Waals surface area contributed by atoms with Gasteiger partial charge in [0.1, 0.15) is 0 Å². The maximum Gasteiger partial charge on any atom is 0.410 e. The number of nitrogens with zero attached hydrogens (tertiary/aromatic N) is 5. The molecule has 10 nitrogen and oxygen atoms in total. The van der Waals surface area contributed by atoms with Gasteiger partial charge in [0.05, 0.1) is 6.61 Å². The van der Waals surface area contributed by atoms with Crippen molar-refractivity contribution in [3.8, 4) is 0 Å². The van der Waals surface area contributed by atoms with Gasteiger partial charge in [-0.3, -0.25) is 4.79 Å². The molecule has 2 fully saturated rings. The molecule has 6 rings (SSSR count). The minimum atomic E-state index is -0.280. The summed E-state index contributed by atoms with van der Waals surface area (Å²) in [5.74, 6) is 0.572. The molecule has 0 aliphatic carbocycles. The van der Waals surface area contributed by atoms with Gasteiger partial charge >= 0.3 is 6.09 Å². The van der Waals surface area contributed by atoms with Gasteiger partial charge in [0.2, 0.25) is 5.95 Å². The normalized spacial score (nSPS) is 18.6. The molecule has 1 spiro atoms. The fourth-order valence-corrected chi connectivity index (χ4v) is 5.39. The van der Waals surface area contributed by atoms with Crippen molar-refractivity contribution in [3.63, 3.8) is 0 Å². The summed E-state index contributed by atoms with van der Waals surface area (Å²) in [4.78, 5) is 33.4. The maximum absolute atomic E-state index is 13.0. The van der Waals surface area contributed by atoms with Crippen LogP contribution in [0.15, 0.2) is 48.7 Å². The van der Waals surface area contributed by atoms with E-state index in [1.165, 1.54) is 0 Å². The third-order valence-electron chi connectivity index (χ3n) is 7.56. The lowest BCUT2D eigenvalue weighted by molar-refractivity contribution is 0.0752. The van der Waals surface area contributed by atoms with Gasteiger partial charge in [0, 0.05) is 67.7 Å². The Morgan fingerprint density at radius 3 is 2.65 bits per heavy atom. The molecule has 10 heteroatoms. The van der Waals surface area contributed by atoms with E-state index in [0.717, 1.165) is 61.5 Å². The van der Waals surface area contributed by atoms with Crippen LogP contribution in [0.2, 0.25) is 0 Å². The molecule has 2 amide bonds. The zero-order valence-corrected chi connectivity index (χ0v) is 20.9. The van der Waals surface area contributed by atoms with Gasteiger partial charge in [0.15, 0.2) is 5.65 Å². The van der Waals surface area contributed by atoms with Crippen LogP contribution in [0.25, 0.3) is 11.2 Å². The molecule has 5 heterocycles. The number of benzene rings is 1. The summed E-state index contributed by atoms with van der Waals surface area (Å²) in [5.41, 5.74) is 4.69. The molecule has 0 unspecified atom stereocenters. The molecule has 37 heavy (non-hydrogen) atoms. The Balaban J connectivity index is 1.14. The number of hydrogen-bond acceptors (Lipinski definition) is 7. The molecule has 0 saturated carbocycles. The second-order valence-corrected chi connectivity index (χ2v) is 10.0. The summed E-state index contributed by atoms with van der Waals surface area (Å²) < 4.78 is 6.87. The van der Waals surface area contributed by atoms with Crippen molar-refractivity contribution < 1.29 is 14.3 Å². The Labute approximate surface area is 215 Å². The van der Waals surface area contributed by atoms with Crippen LogP contribution in [0.4, 0.5) is 16.4 Å². The molecule has 3 aromatic rings. The van der Waals surface area contributed by atoms with Crippen LogP contribution in [0.1, 0.15) is 35.7 Å². The lowest BCUT2D eigenvalue weighted by Crippen LogP contribution is -2.55. The monoisotopic (exact) mass is 501 g/mol. The number of fused-ring (bicyclic) bond motifs is 1. The summed E-state index contributed by atoms with van der Waals surface area (Å²) in [7, 11) is 0. The highest BCUT2D eigenvalue weighted by Crippen LogP contribution is 2.34. The highest BCUT2D eigenvalue weighted by molar-refractivity contribution is 5.95. The Morgan fingerprint density at radius 2 is 1.97 bits per heavy atom. The quantitative estimate of drug-likeness (QED) is 0.554. The predicted molar refractivity (Wildman–Crippen MR) is 140 cm³/mol. The minimum Gasteiger partial charge on any atom is -0.450 e. The fraction of sp³-hybridized carbons (Fsp3) is 0.407. The second kappa shape index (κ2) is 9.51. The zero-order chi connectivity index (χ0) is 25.4. The molecule has 2 aromatic heterocycles. The summed E-state index contributed by atoms with van der Waals surface area (Å²) >= 11 is 0. The fourth-order valence-electron chi connectivity index (χ4n) is 5.39. The first-order valence-electron chi connectivity index (χ1n) is 12.9. The molecule has 2 saturated heterocycles. The highest BCUT2D eigenvalue weighted by atomic mass is 16.6. The van der Waals surface area contributed by atoms with Gasteiger partial charge in [0.25, 0.3) is 5.91 Å². The standard InChI is InChI=1S/C27H31N7O3/c1-2-37-26(36)32-13-9-19(10-14-32)22-4-3-12-34-23(22)30-25(31-34)29-21-7-5-20(6-8-21)24(35)33-15-11-27(18-33)16-28-17-27/h3-9,12,28H,2,10-11,13-18H2,1H3,(H,29,31). The van der Waals surface area contributed by atoms with Gasteiger partial charge in [-0.1, -0.05) is 6.08 Å². The van der Waals surface area contributed by atoms with Crippen LogP contribution in [0, 0.1) is 5.41 Å². The number of hydrogen-bond donors (Lipinski definition) is 2. The molecule has 3 aliphatic heterocycles. The van der Waals surface area contributed by atoms with Crippen LogP contribution in [-0.2, 0) is 4.74 Å². The molecular formula is C27H31N7O3. The van der Waals surface area contributed by atoms with E-state index in [9.17, 15) is 9.59 Å². The average molecular weight is 502 g/mol. The Hall–Kier alpha value is -3.92. The van der Waals surface area contributed by atoms with E-state index in [1.807, 2.05) is 54.4 Å². The van der Waals surface area contributed by atoms with Gasteiger partial charge in [-0.25, -0.2) is 9.31 Å². The van der Waals surface area contributed by atoms with E-state index in [2.05, 4.69) is 21.8 Å². The number of carbonyl (C=O) groups excluding carboxylic acids is 2. The number of amides is 2. The Bertz CT molecular complexity index is 1360. The van der Waals surface area contributed by atoms with E-state index >= 15 is 0 Å². The number of anilines is 2. The number of likely N-dealkylation sites (tertiary alicyclic amines) is 1. The van der Waals surface area contributed by atoms with Crippen LogP contribution in [0.5, 0.6) is 0 Å². The van der Waals surface area contributed by atoms with Crippen molar-refractivity contribution >= 4 is 34.9 Å². The number of rotatable bonds is 5. The molecule has 3 aliphatic rings. The Morgan fingerprint density at radius 1 is 1.14 bits per heavy atom. The lowest BCUT2D eigenvalue weighted by Gasteiger charge is -2.39. The maximum atomic E-state index is 13.0. The van der Waals surface area contributed by atoms with Crippen molar-refractivity contribution in [1.29, 1.82) is 0 Å².